The highest BCUT2D eigenvalue weighted by atomic mass is 16.6. The second kappa shape index (κ2) is 5.16. The Hall–Kier alpha value is -3.02. The van der Waals surface area contributed by atoms with Crippen LogP contribution in [0, 0.1) is 10.1 Å². The average molecular weight is 281 g/mol. The standard InChI is InChI=1S/C15H11N3O3/c19-15-13-2-1-3-14(18(20)21)12(13)6-9-17(15)10-11-4-7-16-8-5-11/h1-9H,10H2. The molecule has 0 N–H and O–H groups in total. The summed E-state index contributed by atoms with van der Waals surface area (Å²) in [6.07, 6.45) is 4.90. The van der Waals surface area contributed by atoms with E-state index in [4.69, 9.17) is 0 Å². The molecule has 1 aromatic carbocycles. The fraction of sp³-hybridized carbons (Fsp3) is 0.0667. The Kier molecular flexibility index (Phi) is 3.19. The first kappa shape index (κ1) is 13.0. The zero-order valence-corrected chi connectivity index (χ0v) is 11.0. The number of rotatable bonds is 3. The summed E-state index contributed by atoms with van der Waals surface area (Å²) in [4.78, 5) is 26.9. The zero-order chi connectivity index (χ0) is 14.8. The minimum Gasteiger partial charge on any atom is -0.311 e. The maximum Gasteiger partial charge on any atom is 0.277 e. The van der Waals surface area contributed by atoms with Crippen molar-refractivity contribution >= 4 is 16.5 Å². The highest BCUT2D eigenvalue weighted by molar-refractivity contribution is 5.89. The largest absolute Gasteiger partial charge is 0.311 e. The molecule has 0 saturated carbocycles. The van der Waals surface area contributed by atoms with Gasteiger partial charge in [0.05, 0.1) is 22.2 Å². The van der Waals surface area contributed by atoms with Gasteiger partial charge >= 0.3 is 0 Å². The lowest BCUT2D eigenvalue weighted by Crippen LogP contribution is -2.20. The summed E-state index contributed by atoms with van der Waals surface area (Å²) in [6, 6.07) is 9.78. The maximum absolute atomic E-state index is 12.4. The van der Waals surface area contributed by atoms with E-state index in [2.05, 4.69) is 4.98 Å². The Morgan fingerprint density at radius 1 is 1.10 bits per heavy atom. The van der Waals surface area contributed by atoms with Crippen LogP contribution >= 0.6 is 0 Å². The van der Waals surface area contributed by atoms with Crippen molar-refractivity contribution in [3.05, 3.63) is 81.0 Å². The molecule has 0 radical (unpaired) electrons. The Morgan fingerprint density at radius 3 is 2.57 bits per heavy atom. The molecule has 0 bridgehead atoms. The van der Waals surface area contributed by atoms with E-state index in [0.29, 0.717) is 17.3 Å². The van der Waals surface area contributed by atoms with E-state index in [1.807, 2.05) is 12.1 Å². The molecule has 0 atom stereocenters. The molecule has 3 rings (SSSR count). The molecule has 21 heavy (non-hydrogen) atoms. The number of nitro groups is 1. The van der Waals surface area contributed by atoms with Crippen molar-refractivity contribution in [3.8, 4) is 0 Å². The number of hydrogen-bond donors (Lipinski definition) is 0. The lowest BCUT2D eigenvalue weighted by atomic mass is 10.1. The number of pyridine rings is 2. The molecular weight excluding hydrogens is 270 g/mol. The van der Waals surface area contributed by atoms with Gasteiger partial charge in [0.15, 0.2) is 0 Å². The highest BCUT2D eigenvalue weighted by Gasteiger charge is 2.13. The number of aromatic nitrogens is 2. The van der Waals surface area contributed by atoms with Crippen LogP contribution in [-0.2, 0) is 6.54 Å². The van der Waals surface area contributed by atoms with Crippen LogP contribution in [0.2, 0.25) is 0 Å². The number of hydrogen-bond acceptors (Lipinski definition) is 4. The molecule has 0 spiro atoms. The summed E-state index contributed by atoms with van der Waals surface area (Å²) in [5, 5.41) is 11.7. The van der Waals surface area contributed by atoms with E-state index in [-0.39, 0.29) is 11.2 Å². The lowest BCUT2D eigenvalue weighted by molar-refractivity contribution is -0.383. The number of nitro benzene ring substituents is 1. The summed E-state index contributed by atoms with van der Waals surface area (Å²) in [7, 11) is 0. The Morgan fingerprint density at radius 2 is 1.86 bits per heavy atom. The van der Waals surface area contributed by atoms with E-state index >= 15 is 0 Å². The van der Waals surface area contributed by atoms with Crippen molar-refractivity contribution in [2.75, 3.05) is 0 Å². The molecule has 3 aromatic rings. The van der Waals surface area contributed by atoms with Crippen LogP contribution in [0.5, 0.6) is 0 Å². The van der Waals surface area contributed by atoms with Crippen molar-refractivity contribution in [2.24, 2.45) is 0 Å². The van der Waals surface area contributed by atoms with Crippen LogP contribution in [-0.4, -0.2) is 14.5 Å². The van der Waals surface area contributed by atoms with Gasteiger partial charge in [0, 0.05) is 24.7 Å². The Balaban J connectivity index is 2.13. The molecule has 0 aliphatic heterocycles. The zero-order valence-electron chi connectivity index (χ0n) is 11.0. The lowest BCUT2D eigenvalue weighted by Gasteiger charge is -2.07. The Bertz CT molecular complexity index is 872. The number of fused-ring (bicyclic) bond motifs is 1. The maximum atomic E-state index is 12.4. The first-order valence-corrected chi connectivity index (χ1v) is 6.32. The van der Waals surface area contributed by atoms with Crippen LogP contribution in [0.15, 0.2) is 59.8 Å². The number of benzene rings is 1. The van der Waals surface area contributed by atoms with Crippen LogP contribution < -0.4 is 5.56 Å². The number of non-ortho nitro benzene ring substituents is 1. The SMILES string of the molecule is O=c1c2cccc([N+](=O)[O-])c2ccn1Cc1ccncc1. The Labute approximate surface area is 119 Å². The molecule has 2 heterocycles. The molecule has 6 heteroatoms. The fourth-order valence-electron chi connectivity index (χ4n) is 2.27. The number of nitrogens with zero attached hydrogens (tertiary/aromatic N) is 3. The van der Waals surface area contributed by atoms with Gasteiger partial charge in [-0.1, -0.05) is 6.07 Å². The normalized spacial score (nSPS) is 10.7. The van der Waals surface area contributed by atoms with Gasteiger partial charge in [-0.05, 0) is 29.8 Å². The van der Waals surface area contributed by atoms with Gasteiger partial charge in [0.2, 0.25) is 0 Å². The van der Waals surface area contributed by atoms with E-state index < -0.39 is 4.92 Å². The molecule has 6 nitrogen and oxygen atoms in total. The summed E-state index contributed by atoms with van der Waals surface area (Å²) in [6.45, 7) is 0.403. The van der Waals surface area contributed by atoms with Gasteiger partial charge in [0.25, 0.3) is 11.2 Å². The first-order valence-electron chi connectivity index (χ1n) is 6.32. The van der Waals surface area contributed by atoms with Crippen LogP contribution in [0.4, 0.5) is 5.69 Å². The summed E-state index contributed by atoms with van der Waals surface area (Å²) in [5.41, 5.74) is 0.644. The fourth-order valence-corrected chi connectivity index (χ4v) is 2.27. The van der Waals surface area contributed by atoms with E-state index in [1.165, 1.54) is 16.7 Å². The second-order valence-corrected chi connectivity index (χ2v) is 4.60. The van der Waals surface area contributed by atoms with Crippen LogP contribution in [0.25, 0.3) is 10.8 Å². The molecule has 0 amide bonds. The van der Waals surface area contributed by atoms with Gasteiger partial charge in [-0.25, -0.2) is 0 Å². The van der Waals surface area contributed by atoms with Crippen LogP contribution in [0.3, 0.4) is 0 Å². The minimum absolute atomic E-state index is 0.0549. The second-order valence-electron chi connectivity index (χ2n) is 4.60. The van der Waals surface area contributed by atoms with Gasteiger partial charge in [-0.3, -0.25) is 19.9 Å². The third-order valence-corrected chi connectivity index (χ3v) is 3.29. The molecule has 0 aliphatic carbocycles. The van der Waals surface area contributed by atoms with E-state index in [0.717, 1.165) is 5.56 Å². The quantitative estimate of drug-likeness (QED) is 0.545. The third kappa shape index (κ3) is 2.38. The molecule has 0 unspecified atom stereocenters. The molecule has 2 aromatic heterocycles. The topological polar surface area (TPSA) is 78.0 Å². The van der Waals surface area contributed by atoms with Crippen molar-refractivity contribution in [2.45, 2.75) is 6.54 Å². The van der Waals surface area contributed by atoms with E-state index in [9.17, 15) is 14.9 Å². The predicted octanol–water partition coefficient (Wildman–Crippen LogP) is 2.35. The minimum atomic E-state index is -0.477. The van der Waals surface area contributed by atoms with Crippen molar-refractivity contribution < 1.29 is 4.92 Å². The van der Waals surface area contributed by atoms with Crippen molar-refractivity contribution in [1.29, 1.82) is 0 Å². The van der Waals surface area contributed by atoms with Gasteiger partial charge in [-0.2, -0.15) is 0 Å². The summed E-state index contributed by atoms with van der Waals surface area (Å²) >= 11 is 0. The average Bonchev–Trinajstić information content (AvgIpc) is 2.50. The van der Waals surface area contributed by atoms with Gasteiger partial charge in [-0.15, -0.1) is 0 Å². The monoisotopic (exact) mass is 281 g/mol. The summed E-state index contributed by atoms with van der Waals surface area (Å²) in [5.74, 6) is 0. The molecule has 0 saturated heterocycles. The molecule has 0 fully saturated rings. The van der Waals surface area contributed by atoms with E-state index in [1.54, 1.807) is 30.7 Å². The summed E-state index contributed by atoms with van der Waals surface area (Å²) < 4.78 is 1.53. The highest BCUT2D eigenvalue weighted by Crippen LogP contribution is 2.22. The van der Waals surface area contributed by atoms with Crippen LogP contribution in [0.1, 0.15) is 5.56 Å². The first-order chi connectivity index (χ1) is 10.2. The smallest absolute Gasteiger partial charge is 0.277 e. The molecule has 104 valence electrons. The van der Waals surface area contributed by atoms with Gasteiger partial charge < -0.3 is 4.57 Å². The molecule has 0 aliphatic rings. The molecular formula is C15H11N3O3. The predicted molar refractivity (Wildman–Crippen MR) is 78.2 cm³/mol. The van der Waals surface area contributed by atoms with Crippen molar-refractivity contribution in [3.63, 3.8) is 0 Å². The third-order valence-electron chi connectivity index (χ3n) is 3.29. The van der Waals surface area contributed by atoms with Gasteiger partial charge in [0.1, 0.15) is 0 Å². The van der Waals surface area contributed by atoms with Crippen molar-refractivity contribution in [1.82, 2.24) is 9.55 Å².